The number of amides is 1. The largest absolute Gasteiger partial charge is 0.495 e. The number of carbonyl (C=O) groups is 1. The number of carbonyl (C=O) groups excluding carboxylic acids is 1. The normalized spacial score (nSPS) is 10.3. The zero-order valence-corrected chi connectivity index (χ0v) is 11.5. The molecule has 5 heteroatoms. The van der Waals surface area contributed by atoms with Crippen LogP contribution in [0.25, 0.3) is 0 Å². The lowest BCUT2D eigenvalue weighted by atomic mass is 10.1. The second-order valence-electron chi connectivity index (χ2n) is 4.35. The first-order valence-corrected chi connectivity index (χ1v) is 5.99. The van der Waals surface area contributed by atoms with E-state index in [1.54, 1.807) is 19.1 Å². The van der Waals surface area contributed by atoms with Gasteiger partial charge in [0.2, 0.25) is 0 Å². The minimum Gasteiger partial charge on any atom is -0.495 e. The predicted octanol–water partition coefficient (Wildman–Crippen LogP) is 2.31. The first-order valence-electron chi connectivity index (χ1n) is 5.99. The molecule has 1 aromatic heterocycles. The van der Waals surface area contributed by atoms with Crippen molar-refractivity contribution in [3.05, 3.63) is 41.2 Å². The number of para-hydroxylation sites is 2. The second-order valence-corrected chi connectivity index (χ2v) is 4.35. The van der Waals surface area contributed by atoms with Crippen LogP contribution < -0.4 is 9.64 Å². The van der Waals surface area contributed by atoms with Crippen LogP contribution in [0.4, 0.5) is 5.69 Å². The molecule has 0 radical (unpaired) electrons. The standard InChI is InChI=1S/C14H17N3O2/c1-9-13(10(2)16-15-9)14(18)17(3)11-7-5-6-8-12(11)19-4/h5-8H,1-4H3,(H,15,16). The third-order valence-electron chi connectivity index (χ3n) is 3.09. The number of aryl methyl sites for hydroxylation is 2. The molecule has 5 nitrogen and oxygen atoms in total. The number of aromatic nitrogens is 2. The Bertz CT molecular complexity index is 585. The van der Waals surface area contributed by atoms with E-state index in [1.165, 1.54) is 0 Å². The summed E-state index contributed by atoms with van der Waals surface area (Å²) in [6.45, 7) is 3.65. The average Bonchev–Trinajstić information content (AvgIpc) is 2.76. The lowest BCUT2D eigenvalue weighted by Crippen LogP contribution is -2.27. The van der Waals surface area contributed by atoms with Crippen molar-refractivity contribution < 1.29 is 9.53 Å². The molecule has 1 amide bonds. The number of nitrogens with one attached hydrogen (secondary N) is 1. The summed E-state index contributed by atoms with van der Waals surface area (Å²) in [6, 6.07) is 7.42. The van der Waals surface area contributed by atoms with Gasteiger partial charge in [0.25, 0.3) is 5.91 Å². The number of aromatic amines is 1. The number of ether oxygens (including phenoxy) is 1. The Hall–Kier alpha value is -2.30. The van der Waals surface area contributed by atoms with E-state index in [1.807, 2.05) is 38.1 Å². The maximum atomic E-state index is 12.5. The van der Waals surface area contributed by atoms with Crippen LogP contribution in [-0.4, -0.2) is 30.3 Å². The number of nitrogens with zero attached hydrogens (tertiary/aromatic N) is 2. The van der Waals surface area contributed by atoms with Gasteiger partial charge in [0.1, 0.15) is 5.75 Å². The summed E-state index contributed by atoms with van der Waals surface area (Å²) in [5.74, 6) is 0.561. The summed E-state index contributed by atoms with van der Waals surface area (Å²) >= 11 is 0. The van der Waals surface area contributed by atoms with Crippen molar-refractivity contribution in [2.24, 2.45) is 0 Å². The molecule has 0 saturated carbocycles. The number of hydrogen-bond donors (Lipinski definition) is 1. The van der Waals surface area contributed by atoms with Crippen molar-refractivity contribution in [3.63, 3.8) is 0 Å². The first-order chi connectivity index (χ1) is 9.06. The molecule has 0 spiro atoms. The highest BCUT2D eigenvalue weighted by atomic mass is 16.5. The van der Waals surface area contributed by atoms with Gasteiger partial charge in [0.05, 0.1) is 24.1 Å². The Morgan fingerprint density at radius 1 is 1.32 bits per heavy atom. The first kappa shape index (κ1) is 13.1. The Labute approximate surface area is 112 Å². The molecule has 0 bridgehead atoms. The lowest BCUT2D eigenvalue weighted by molar-refractivity contribution is 0.0991. The van der Waals surface area contributed by atoms with Crippen molar-refractivity contribution in [2.75, 3.05) is 19.1 Å². The fraction of sp³-hybridized carbons (Fsp3) is 0.286. The number of hydrogen-bond acceptors (Lipinski definition) is 3. The van der Waals surface area contributed by atoms with E-state index in [-0.39, 0.29) is 5.91 Å². The number of benzene rings is 1. The Kier molecular flexibility index (Phi) is 3.55. The Morgan fingerprint density at radius 3 is 2.58 bits per heavy atom. The average molecular weight is 259 g/mol. The molecule has 100 valence electrons. The van der Waals surface area contributed by atoms with Crippen LogP contribution in [0.5, 0.6) is 5.75 Å². The van der Waals surface area contributed by atoms with Crippen LogP contribution >= 0.6 is 0 Å². The van der Waals surface area contributed by atoms with Gasteiger partial charge in [0.15, 0.2) is 0 Å². The quantitative estimate of drug-likeness (QED) is 0.920. The molecule has 0 fully saturated rings. The van der Waals surface area contributed by atoms with Gasteiger partial charge in [0, 0.05) is 12.7 Å². The minimum atomic E-state index is -0.103. The maximum Gasteiger partial charge on any atom is 0.261 e. The van der Waals surface area contributed by atoms with Crippen LogP contribution in [-0.2, 0) is 0 Å². The third-order valence-corrected chi connectivity index (χ3v) is 3.09. The minimum absolute atomic E-state index is 0.103. The molecule has 0 aliphatic heterocycles. The molecule has 19 heavy (non-hydrogen) atoms. The molecule has 2 rings (SSSR count). The topological polar surface area (TPSA) is 58.2 Å². The van der Waals surface area contributed by atoms with E-state index in [4.69, 9.17) is 4.74 Å². The van der Waals surface area contributed by atoms with Gasteiger partial charge >= 0.3 is 0 Å². The van der Waals surface area contributed by atoms with Crippen LogP contribution in [0, 0.1) is 13.8 Å². The third kappa shape index (κ3) is 2.31. The van der Waals surface area contributed by atoms with E-state index in [9.17, 15) is 4.79 Å². The molecule has 0 aliphatic rings. The molecular weight excluding hydrogens is 242 g/mol. The Morgan fingerprint density at radius 2 is 2.00 bits per heavy atom. The van der Waals surface area contributed by atoms with E-state index >= 15 is 0 Å². The zero-order chi connectivity index (χ0) is 14.0. The van der Waals surface area contributed by atoms with Crippen molar-refractivity contribution in [1.82, 2.24) is 10.2 Å². The SMILES string of the molecule is COc1ccccc1N(C)C(=O)c1c(C)n[nH]c1C. The van der Waals surface area contributed by atoms with Crippen LogP contribution in [0.3, 0.4) is 0 Å². The summed E-state index contributed by atoms with van der Waals surface area (Å²) < 4.78 is 5.28. The highest BCUT2D eigenvalue weighted by molar-refractivity contribution is 6.07. The van der Waals surface area contributed by atoms with E-state index in [0.29, 0.717) is 17.0 Å². The molecule has 1 heterocycles. The fourth-order valence-corrected chi connectivity index (χ4v) is 2.05. The van der Waals surface area contributed by atoms with Crippen molar-refractivity contribution >= 4 is 11.6 Å². The molecule has 1 N–H and O–H groups in total. The monoisotopic (exact) mass is 259 g/mol. The molecule has 0 unspecified atom stereocenters. The van der Waals surface area contributed by atoms with Crippen LogP contribution in [0.1, 0.15) is 21.7 Å². The predicted molar refractivity (Wildman–Crippen MR) is 73.8 cm³/mol. The lowest BCUT2D eigenvalue weighted by Gasteiger charge is -2.20. The molecule has 1 aromatic carbocycles. The number of H-pyrrole nitrogens is 1. The summed E-state index contributed by atoms with van der Waals surface area (Å²) in [4.78, 5) is 14.1. The highest BCUT2D eigenvalue weighted by Crippen LogP contribution is 2.28. The molecule has 2 aromatic rings. The number of rotatable bonds is 3. The maximum absolute atomic E-state index is 12.5. The van der Waals surface area contributed by atoms with Gasteiger partial charge in [-0.05, 0) is 26.0 Å². The van der Waals surface area contributed by atoms with Crippen molar-refractivity contribution in [2.45, 2.75) is 13.8 Å². The van der Waals surface area contributed by atoms with Crippen LogP contribution in [0.15, 0.2) is 24.3 Å². The second kappa shape index (κ2) is 5.14. The molecule has 0 saturated heterocycles. The molecule has 0 aliphatic carbocycles. The number of anilines is 1. The van der Waals surface area contributed by atoms with Crippen molar-refractivity contribution in [3.8, 4) is 5.75 Å². The summed E-state index contributed by atoms with van der Waals surface area (Å²) in [6.07, 6.45) is 0. The van der Waals surface area contributed by atoms with Gasteiger partial charge in [-0.3, -0.25) is 9.89 Å². The van der Waals surface area contributed by atoms with Gasteiger partial charge in [-0.25, -0.2) is 0 Å². The Balaban J connectivity index is 2.39. The molecular formula is C14H17N3O2. The summed E-state index contributed by atoms with van der Waals surface area (Å²) in [5, 5.41) is 6.88. The zero-order valence-electron chi connectivity index (χ0n) is 11.5. The highest BCUT2D eigenvalue weighted by Gasteiger charge is 2.21. The van der Waals surface area contributed by atoms with Gasteiger partial charge in [-0.2, -0.15) is 5.10 Å². The van der Waals surface area contributed by atoms with Gasteiger partial charge in [-0.15, -0.1) is 0 Å². The fourth-order valence-electron chi connectivity index (χ4n) is 2.05. The smallest absolute Gasteiger partial charge is 0.261 e. The molecule has 0 atom stereocenters. The summed E-state index contributed by atoms with van der Waals surface area (Å²) in [7, 11) is 3.32. The van der Waals surface area contributed by atoms with Gasteiger partial charge < -0.3 is 9.64 Å². The van der Waals surface area contributed by atoms with E-state index in [2.05, 4.69) is 10.2 Å². The van der Waals surface area contributed by atoms with Gasteiger partial charge in [-0.1, -0.05) is 12.1 Å². The van der Waals surface area contributed by atoms with E-state index in [0.717, 1.165) is 11.4 Å². The number of methoxy groups -OCH3 is 1. The van der Waals surface area contributed by atoms with Crippen molar-refractivity contribution in [1.29, 1.82) is 0 Å². The van der Waals surface area contributed by atoms with Crippen LogP contribution in [0.2, 0.25) is 0 Å². The van der Waals surface area contributed by atoms with E-state index < -0.39 is 0 Å². The summed E-state index contributed by atoms with van der Waals surface area (Å²) in [5.41, 5.74) is 2.80.